The number of hydrogen-bond acceptors (Lipinski definition) is 4. The Morgan fingerprint density at radius 1 is 0.917 bits per heavy atom. The minimum atomic E-state index is -3.44. The van der Waals surface area contributed by atoms with E-state index in [0.717, 1.165) is 13.1 Å². The van der Waals surface area contributed by atoms with Gasteiger partial charge in [0.15, 0.2) is 0 Å². The van der Waals surface area contributed by atoms with Crippen molar-refractivity contribution in [3.05, 3.63) is 60.2 Å². The fraction of sp³-hybridized carbons (Fsp3) is 0.333. The summed E-state index contributed by atoms with van der Waals surface area (Å²) >= 11 is 0. The maximum atomic E-state index is 12.7. The molecule has 5 nitrogen and oxygen atoms in total. The summed E-state index contributed by atoms with van der Waals surface area (Å²) in [6.07, 6.45) is 0. The van der Waals surface area contributed by atoms with Crippen LogP contribution in [-0.4, -0.2) is 43.8 Å². The number of nitrogen functional groups attached to an aromatic ring is 1. The van der Waals surface area contributed by atoms with E-state index in [9.17, 15) is 8.42 Å². The Hall–Kier alpha value is -1.89. The highest BCUT2D eigenvalue weighted by molar-refractivity contribution is 7.89. The Labute approximate surface area is 143 Å². The molecule has 3 rings (SSSR count). The third kappa shape index (κ3) is 3.45. The van der Waals surface area contributed by atoms with E-state index < -0.39 is 10.0 Å². The normalized spacial score (nSPS) is 18.4. The molecule has 2 aromatic rings. The van der Waals surface area contributed by atoms with E-state index in [-0.39, 0.29) is 6.04 Å². The number of anilines is 1. The zero-order valence-corrected chi connectivity index (χ0v) is 14.6. The van der Waals surface area contributed by atoms with Gasteiger partial charge in [-0.15, -0.1) is 0 Å². The monoisotopic (exact) mass is 345 g/mol. The first kappa shape index (κ1) is 17.0. The highest BCUT2D eigenvalue weighted by atomic mass is 32.2. The van der Waals surface area contributed by atoms with E-state index in [2.05, 4.69) is 24.0 Å². The Kier molecular flexibility index (Phi) is 4.89. The molecule has 24 heavy (non-hydrogen) atoms. The van der Waals surface area contributed by atoms with Gasteiger partial charge in [-0.25, -0.2) is 8.42 Å². The molecule has 1 saturated heterocycles. The fourth-order valence-electron chi connectivity index (χ4n) is 3.06. The van der Waals surface area contributed by atoms with Gasteiger partial charge >= 0.3 is 0 Å². The molecule has 2 aromatic carbocycles. The maximum absolute atomic E-state index is 12.7. The molecule has 0 saturated carbocycles. The van der Waals surface area contributed by atoms with Crippen LogP contribution >= 0.6 is 0 Å². The Balaban J connectivity index is 1.67. The Morgan fingerprint density at radius 2 is 1.50 bits per heavy atom. The second-order valence-electron chi connectivity index (χ2n) is 6.10. The molecule has 6 heteroatoms. The van der Waals surface area contributed by atoms with Crippen LogP contribution in [0.25, 0.3) is 0 Å². The molecular formula is C18H23N3O2S. The van der Waals surface area contributed by atoms with Crippen LogP contribution in [0.15, 0.2) is 59.5 Å². The number of nitrogens with two attached hydrogens (primary N) is 1. The average molecular weight is 345 g/mol. The van der Waals surface area contributed by atoms with Gasteiger partial charge in [-0.2, -0.15) is 4.31 Å². The number of piperazine rings is 1. The summed E-state index contributed by atoms with van der Waals surface area (Å²) in [6, 6.07) is 17.0. The molecule has 1 unspecified atom stereocenters. The van der Waals surface area contributed by atoms with Gasteiger partial charge in [-0.05, 0) is 36.8 Å². The molecule has 1 heterocycles. The molecule has 1 aliphatic heterocycles. The van der Waals surface area contributed by atoms with Crippen molar-refractivity contribution < 1.29 is 8.42 Å². The van der Waals surface area contributed by atoms with Crippen molar-refractivity contribution in [1.82, 2.24) is 9.21 Å². The number of benzene rings is 2. The summed E-state index contributed by atoms with van der Waals surface area (Å²) in [7, 11) is -3.44. The summed E-state index contributed by atoms with van der Waals surface area (Å²) in [5.74, 6) is 0. The smallest absolute Gasteiger partial charge is 0.243 e. The lowest BCUT2D eigenvalue weighted by atomic mass is 10.1. The lowest BCUT2D eigenvalue weighted by molar-refractivity contribution is 0.146. The molecule has 0 aliphatic carbocycles. The van der Waals surface area contributed by atoms with E-state index in [1.807, 2.05) is 18.2 Å². The van der Waals surface area contributed by atoms with Crippen molar-refractivity contribution in [2.45, 2.75) is 17.9 Å². The summed E-state index contributed by atoms with van der Waals surface area (Å²) in [4.78, 5) is 2.63. The van der Waals surface area contributed by atoms with Gasteiger partial charge in [0.1, 0.15) is 0 Å². The molecule has 2 N–H and O–H groups in total. The highest BCUT2D eigenvalue weighted by Gasteiger charge is 2.30. The summed E-state index contributed by atoms with van der Waals surface area (Å²) < 4.78 is 27.0. The summed E-state index contributed by atoms with van der Waals surface area (Å²) in [5, 5.41) is 0. The van der Waals surface area contributed by atoms with Crippen LogP contribution in [0.3, 0.4) is 0 Å². The molecule has 0 radical (unpaired) electrons. The molecule has 1 fully saturated rings. The van der Waals surface area contributed by atoms with E-state index in [1.54, 1.807) is 28.6 Å². The topological polar surface area (TPSA) is 66.6 Å². The molecule has 0 bridgehead atoms. The minimum absolute atomic E-state index is 0.285. The van der Waals surface area contributed by atoms with Crippen LogP contribution in [0, 0.1) is 0 Å². The molecule has 0 spiro atoms. The number of hydrogen-bond donors (Lipinski definition) is 1. The quantitative estimate of drug-likeness (QED) is 0.864. The Morgan fingerprint density at radius 3 is 2.08 bits per heavy atom. The molecule has 0 amide bonds. The van der Waals surface area contributed by atoms with Crippen LogP contribution in [0.1, 0.15) is 18.5 Å². The standard InChI is InChI=1S/C18H23N3O2S/c1-15(16-5-3-2-4-6-16)20-11-13-21(14-12-20)24(22,23)18-9-7-17(19)8-10-18/h2-10,15H,11-14,19H2,1H3. The van der Waals surface area contributed by atoms with Gasteiger partial charge in [0.25, 0.3) is 0 Å². The van der Waals surface area contributed by atoms with Crippen molar-refractivity contribution in [3.63, 3.8) is 0 Å². The third-order valence-corrected chi connectivity index (χ3v) is 6.53. The minimum Gasteiger partial charge on any atom is -0.399 e. The van der Waals surface area contributed by atoms with Gasteiger partial charge in [-0.3, -0.25) is 4.90 Å². The number of nitrogens with zero attached hydrogens (tertiary/aromatic N) is 2. The lowest BCUT2D eigenvalue weighted by Gasteiger charge is -2.37. The van der Waals surface area contributed by atoms with Crippen LogP contribution in [-0.2, 0) is 10.0 Å². The first-order valence-corrected chi connectivity index (χ1v) is 9.57. The second-order valence-corrected chi connectivity index (χ2v) is 8.03. The first-order valence-electron chi connectivity index (χ1n) is 8.13. The predicted octanol–water partition coefficient (Wildman–Crippen LogP) is 2.34. The van der Waals surface area contributed by atoms with Gasteiger partial charge in [-0.1, -0.05) is 30.3 Å². The zero-order valence-electron chi connectivity index (χ0n) is 13.8. The van der Waals surface area contributed by atoms with Gasteiger partial charge in [0.05, 0.1) is 4.90 Å². The SMILES string of the molecule is CC(c1ccccc1)N1CCN(S(=O)(=O)c2ccc(N)cc2)CC1. The van der Waals surface area contributed by atoms with Crippen LogP contribution in [0.5, 0.6) is 0 Å². The number of sulfonamides is 1. The fourth-order valence-corrected chi connectivity index (χ4v) is 4.48. The second kappa shape index (κ2) is 6.93. The van der Waals surface area contributed by atoms with E-state index >= 15 is 0 Å². The Bertz CT molecular complexity index is 768. The van der Waals surface area contributed by atoms with Gasteiger partial charge < -0.3 is 5.73 Å². The van der Waals surface area contributed by atoms with Crippen molar-refractivity contribution >= 4 is 15.7 Å². The molecule has 128 valence electrons. The zero-order chi connectivity index (χ0) is 17.2. The van der Waals surface area contributed by atoms with Crippen LogP contribution < -0.4 is 5.73 Å². The van der Waals surface area contributed by atoms with Crippen LogP contribution in [0.2, 0.25) is 0 Å². The maximum Gasteiger partial charge on any atom is 0.243 e. The van der Waals surface area contributed by atoms with Crippen LogP contribution in [0.4, 0.5) is 5.69 Å². The number of rotatable bonds is 4. The van der Waals surface area contributed by atoms with E-state index in [0.29, 0.717) is 23.7 Å². The molecule has 0 aromatic heterocycles. The van der Waals surface area contributed by atoms with E-state index in [4.69, 9.17) is 5.73 Å². The third-order valence-electron chi connectivity index (χ3n) is 4.62. The van der Waals surface area contributed by atoms with Crippen molar-refractivity contribution in [3.8, 4) is 0 Å². The summed E-state index contributed by atoms with van der Waals surface area (Å²) in [5.41, 5.74) is 7.46. The molecule has 1 aliphatic rings. The van der Waals surface area contributed by atoms with Gasteiger partial charge in [0.2, 0.25) is 10.0 Å². The lowest BCUT2D eigenvalue weighted by Crippen LogP contribution is -2.49. The largest absolute Gasteiger partial charge is 0.399 e. The molecular weight excluding hydrogens is 322 g/mol. The highest BCUT2D eigenvalue weighted by Crippen LogP contribution is 2.24. The predicted molar refractivity (Wildman–Crippen MR) is 96.0 cm³/mol. The van der Waals surface area contributed by atoms with Crippen molar-refractivity contribution in [1.29, 1.82) is 0 Å². The first-order chi connectivity index (χ1) is 11.5. The van der Waals surface area contributed by atoms with Crippen molar-refractivity contribution in [2.75, 3.05) is 31.9 Å². The molecule has 1 atom stereocenters. The average Bonchev–Trinajstić information content (AvgIpc) is 2.62. The summed E-state index contributed by atoms with van der Waals surface area (Å²) in [6.45, 7) is 4.63. The van der Waals surface area contributed by atoms with E-state index in [1.165, 1.54) is 5.56 Å². The van der Waals surface area contributed by atoms with Crippen molar-refractivity contribution in [2.24, 2.45) is 0 Å². The van der Waals surface area contributed by atoms with Gasteiger partial charge in [0, 0.05) is 37.9 Å².